The number of hydrogen-bond donors (Lipinski definition) is 0. The second-order valence-corrected chi connectivity index (χ2v) is 9.22. The van der Waals surface area contributed by atoms with Gasteiger partial charge >= 0.3 is 0 Å². The first-order valence-corrected chi connectivity index (χ1v) is 11.9. The molecule has 4 aromatic rings. The predicted molar refractivity (Wildman–Crippen MR) is 128 cm³/mol. The molecule has 0 saturated heterocycles. The fourth-order valence-electron chi connectivity index (χ4n) is 3.32. The fraction of sp³-hybridized carbons (Fsp3) is 0.261. The number of aromatic nitrogens is 3. The topological polar surface area (TPSA) is 60.2 Å². The molecule has 0 aliphatic heterocycles. The summed E-state index contributed by atoms with van der Waals surface area (Å²) in [6.07, 6.45) is 6.27. The van der Waals surface area contributed by atoms with Gasteiger partial charge in [-0.2, -0.15) is 0 Å². The van der Waals surface area contributed by atoms with Gasteiger partial charge in [0.1, 0.15) is 11.3 Å². The first-order chi connectivity index (χ1) is 15.2. The maximum absolute atomic E-state index is 13.5. The van der Waals surface area contributed by atoms with E-state index >= 15 is 0 Å². The minimum Gasteiger partial charge on any atom is -0.494 e. The Morgan fingerprint density at radius 2 is 2.06 bits per heavy atom. The smallest absolute Gasteiger partial charge is 0.260 e. The third-order valence-electron chi connectivity index (χ3n) is 4.84. The molecule has 31 heavy (non-hydrogen) atoms. The lowest BCUT2D eigenvalue weighted by molar-refractivity contribution is 0.0986. The number of thiazole rings is 1. The standard InChI is InChI=1S/C23H24N4O2S2/c1-3-30-18-10-8-17(9-11-18)22(28)27(14-5-13-26-15-12-24-16-26)23-25-21-19(29-2)6-4-7-20(21)31-23/h4,6-12,15-16H,3,5,13-14H2,1-2H3. The number of nitrogens with zero attached hydrogens (tertiary/aromatic N) is 4. The van der Waals surface area contributed by atoms with Crippen molar-refractivity contribution in [1.82, 2.24) is 14.5 Å². The quantitative estimate of drug-likeness (QED) is 0.320. The van der Waals surface area contributed by atoms with Gasteiger partial charge in [-0.25, -0.2) is 9.97 Å². The van der Waals surface area contributed by atoms with E-state index in [1.807, 2.05) is 53.2 Å². The van der Waals surface area contributed by atoms with E-state index < -0.39 is 0 Å². The molecule has 2 aromatic heterocycles. The number of aryl methyl sites for hydroxylation is 1. The van der Waals surface area contributed by atoms with Crippen LogP contribution in [0.3, 0.4) is 0 Å². The van der Waals surface area contributed by atoms with Gasteiger partial charge < -0.3 is 9.30 Å². The fourth-order valence-corrected chi connectivity index (χ4v) is 4.99. The van der Waals surface area contributed by atoms with Crippen LogP contribution in [-0.2, 0) is 6.54 Å². The zero-order chi connectivity index (χ0) is 21.6. The summed E-state index contributed by atoms with van der Waals surface area (Å²) >= 11 is 3.27. The first-order valence-electron chi connectivity index (χ1n) is 10.1. The second-order valence-electron chi connectivity index (χ2n) is 6.87. The Morgan fingerprint density at radius 3 is 2.77 bits per heavy atom. The second kappa shape index (κ2) is 9.98. The Kier molecular flexibility index (Phi) is 6.89. The third-order valence-corrected chi connectivity index (χ3v) is 6.77. The monoisotopic (exact) mass is 452 g/mol. The first kappa shape index (κ1) is 21.4. The lowest BCUT2D eigenvalue weighted by atomic mass is 10.2. The van der Waals surface area contributed by atoms with Crippen molar-refractivity contribution in [1.29, 1.82) is 0 Å². The summed E-state index contributed by atoms with van der Waals surface area (Å²) in [5.41, 5.74) is 1.45. The molecule has 2 aromatic carbocycles. The summed E-state index contributed by atoms with van der Waals surface area (Å²) in [7, 11) is 1.64. The molecule has 0 N–H and O–H groups in total. The highest BCUT2D eigenvalue weighted by molar-refractivity contribution is 7.99. The summed E-state index contributed by atoms with van der Waals surface area (Å²) in [4.78, 5) is 25.3. The lowest BCUT2D eigenvalue weighted by Gasteiger charge is -2.20. The van der Waals surface area contributed by atoms with Crippen LogP contribution in [0, 0.1) is 0 Å². The van der Waals surface area contributed by atoms with E-state index in [4.69, 9.17) is 9.72 Å². The number of anilines is 1. The van der Waals surface area contributed by atoms with Gasteiger partial charge in [0.25, 0.3) is 5.91 Å². The Hall–Kier alpha value is -2.84. The Balaban J connectivity index is 1.62. The molecule has 0 radical (unpaired) electrons. The van der Waals surface area contributed by atoms with E-state index in [0.717, 1.165) is 33.8 Å². The zero-order valence-corrected chi connectivity index (χ0v) is 19.2. The maximum Gasteiger partial charge on any atom is 0.260 e. The van der Waals surface area contributed by atoms with Crippen LogP contribution < -0.4 is 9.64 Å². The van der Waals surface area contributed by atoms with Crippen molar-refractivity contribution in [2.75, 3.05) is 24.3 Å². The van der Waals surface area contributed by atoms with Crippen molar-refractivity contribution in [3.63, 3.8) is 0 Å². The molecule has 160 valence electrons. The summed E-state index contributed by atoms with van der Waals surface area (Å²) in [5, 5.41) is 0.683. The summed E-state index contributed by atoms with van der Waals surface area (Å²) < 4.78 is 8.47. The minimum atomic E-state index is -0.0447. The molecule has 8 heteroatoms. The molecular weight excluding hydrogens is 428 g/mol. The van der Waals surface area contributed by atoms with Crippen LogP contribution in [0.15, 0.2) is 66.1 Å². The Bertz CT molecular complexity index is 1140. The zero-order valence-electron chi connectivity index (χ0n) is 17.5. The van der Waals surface area contributed by atoms with E-state index in [0.29, 0.717) is 23.0 Å². The van der Waals surface area contributed by atoms with Gasteiger partial charge in [-0.3, -0.25) is 9.69 Å². The minimum absolute atomic E-state index is 0.0447. The van der Waals surface area contributed by atoms with Crippen molar-refractivity contribution < 1.29 is 9.53 Å². The molecule has 0 unspecified atom stereocenters. The van der Waals surface area contributed by atoms with Gasteiger partial charge in [-0.15, -0.1) is 11.8 Å². The highest BCUT2D eigenvalue weighted by Gasteiger charge is 2.22. The summed E-state index contributed by atoms with van der Waals surface area (Å²) in [5.74, 6) is 1.67. The van der Waals surface area contributed by atoms with E-state index in [9.17, 15) is 4.79 Å². The van der Waals surface area contributed by atoms with E-state index in [1.54, 1.807) is 36.3 Å². The van der Waals surface area contributed by atoms with Gasteiger partial charge in [0.15, 0.2) is 5.13 Å². The van der Waals surface area contributed by atoms with Gasteiger partial charge in [-0.05, 0) is 48.6 Å². The largest absolute Gasteiger partial charge is 0.494 e. The van der Waals surface area contributed by atoms with Crippen LogP contribution in [0.25, 0.3) is 10.2 Å². The molecule has 0 spiro atoms. The van der Waals surface area contributed by atoms with Gasteiger partial charge in [0.05, 0.1) is 18.1 Å². The lowest BCUT2D eigenvalue weighted by Crippen LogP contribution is -2.32. The molecule has 1 amide bonds. The number of thioether (sulfide) groups is 1. The number of amides is 1. The van der Waals surface area contributed by atoms with Crippen LogP contribution in [0.5, 0.6) is 5.75 Å². The number of imidazole rings is 1. The number of hydrogen-bond acceptors (Lipinski definition) is 6. The van der Waals surface area contributed by atoms with Crippen molar-refractivity contribution in [3.05, 3.63) is 66.7 Å². The van der Waals surface area contributed by atoms with Crippen LogP contribution in [0.1, 0.15) is 23.7 Å². The predicted octanol–water partition coefficient (Wildman–Crippen LogP) is 5.35. The average Bonchev–Trinajstić information content (AvgIpc) is 3.46. The number of carbonyl (C=O) groups is 1. The van der Waals surface area contributed by atoms with Crippen LogP contribution >= 0.6 is 23.1 Å². The molecule has 0 fully saturated rings. The molecule has 4 rings (SSSR count). The van der Waals surface area contributed by atoms with Crippen molar-refractivity contribution in [2.24, 2.45) is 0 Å². The van der Waals surface area contributed by atoms with Crippen molar-refractivity contribution in [3.8, 4) is 5.75 Å². The van der Waals surface area contributed by atoms with E-state index in [2.05, 4.69) is 11.9 Å². The highest BCUT2D eigenvalue weighted by atomic mass is 32.2. The summed E-state index contributed by atoms with van der Waals surface area (Å²) in [6, 6.07) is 13.6. The molecule has 0 saturated carbocycles. The number of benzene rings is 2. The third kappa shape index (κ3) is 4.91. The molecular formula is C23H24N4O2S2. The highest BCUT2D eigenvalue weighted by Crippen LogP contribution is 2.34. The Morgan fingerprint density at radius 1 is 1.23 bits per heavy atom. The molecule has 0 bridgehead atoms. The van der Waals surface area contributed by atoms with Crippen LogP contribution in [0.2, 0.25) is 0 Å². The SMILES string of the molecule is CCSc1ccc(C(=O)N(CCCn2ccnc2)c2nc3c(OC)cccc3s2)cc1. The number of fused-ring (bicyclic) bond motifs is 1. The van der Waals surface area contributed by atoms with Gasteiger partial charge in [-0.1, -0.05) is 24.3 Å². The number of methoxy groups -OCH3 is 1. The summed E-state index contributed by atoms with van der Waals surface area (Å²) in [6.45, 7) is 3.46. The van der Waals surface area contributed by atoms with Crippen molar-refractivity contribution >= 4 is 44.4 Å². The van der Waals surface area contributed by atoms with Crippen LogP contribution in [-0.4, -0.2) is 39.8 Å². The molecule has 0 atom stereocenters. The molecule has 2 heterocycles. The molecule has 0 aliphatic carbocycles. The molecule has 0 aliphatic rings. The van der Waals surface area contributed by atoms with Crippen LogP contribution in [0.4, 0.5) is 5.13 Å². The van der Waals surface area contributed by atoms with E-state index in [1.165, 1.54) is 11.3 Å². The normalized spacial score (nSPS) is 11.0. The van der Waals surface area contributed by atoms with Crippen molar-refractivity contribution in [2.45, 2.75) is 24.8 Å². The number of para-hydroxylation sites is 1. The maximum atomic E-state index is 13.5. The van der Waals surface area contributed by atoms with Gasteiger partial charge in [0.2, 0.25) is 0 Å². The van der Waals surface area contributed by atoms with Gasteiger partial charge in [0, 0.05) is 35.9 Å². The Labute approximate surface area is 189 Å². The average molecular weight is 453 g/mol. The van der Waals surface area contributed by atoms with E-state index in [-0.39, 0.29) is 5.91 Å². The number of ether oxygens (including phenoxy) is 1. The molecule has 6 nitrogen and oxygen atoms in total. The number of carbonyl (C=O) groups excluding carboxylic acids is 1. The number of rotatable bonds is 9.